The van der Waals surface area contributed by atoms with Crippen LogP contribution in [0.4, 0.5) is 4.79 Å². The van der Waals surface area contributed by atoms with E-state index >= 15 is 0 Å². The minimum atomic E-state index is -1.01. The summed E-state index contributed by atoms with van der Waals surface area (Å²) in [5.41, 5.74) is 2.45. The van der Waals surface area contributed by atoms with E-state index in [1.807, 2.05) is 4.90 Å². The Balaban J connectivity index is 1.02. The van der Waals surface area contributed by atoms with Gasteiger partial charge in [-0.3, -0.25) is 24.6 Å². The number of furan rings is 1. The zero-order chi connectivity index (χ0) is 23.4. The molecular formula is C23H24N6O5. The molecule has 3 N–H and O–H groups in total. The van der Waals surface area contributed by atoms with Crippen LogP contribution in [0, 0.1) is 11.3 Å². The van der Waals surface area contributed by atoms with Crippen molar-refractivity contribution in [2.24, 2.45) is 11.3 Å². The normalized spacial score (nSPS) is 20.5. The molecule has 3 aromatic rings. The number of aromatic nitrogens is 3. The standard InChI is InChI=1S/C23H24N6O5/c30-20(17-7-13-1-4-24-10-18(13)34-17)25-9-14-8-23(14)2-5-28(6-3-23)21(31)19-15-11-29(22(32)33)12-16(15)26-27-19/h1,4,7,10,14H,2-3,5-6,8-9,11-12H2,(H,25,30)(H,26,27)(H,32,33). The SMILES string of the molecule is O=C(NCC1CC12CCN(C(=O)c1n[nH]c3c1CN(C(=O)O)C3)CC2)c1cc2ccncc2o1. The molecule has 3 aliphatic rings. The van der Waals surface area contributed by atoms with Crippen molar-refractivity contribution in [3.63, 3.8) is 0 Å². The van der Waals surface area contributed by atoms with Crippen LogP contribution in [0.15, 0.2) is 28.9 Å². The first-order valence-electron chi connectivity index (χ1n) is 11.4. The number of nitrogens with one attached hydrogen (secondary N) is 2. The maximum atomic E-state index is 13.1. The molecule has 1 spiro atoms. The summed E-state index contributed by atoms with van der Waals surface area (Å²) >= 11 is 0. The van der Waals surface area contributed by atoms with Crippen LogP contribution in [0.1, 0.15) is 51.6 Å². The second-order valence-corrected chi connectivity index (χ2v) is 9.46. The van der Waals surface area contributed by atoms with Gasteiger partial charge in [0.05, 0.1) is 25.0 Å². The topological polar surface area (TPSA) is 145 Å². The molecule has 0 bridgehead atoms. The molecule has 1 unspecified atom stereocenters. The molecule has 5 heterocycles. The first-order chi connectivity index (χ1) is 16.4. The Morgan fingerprint density at radius 1 is 1.24 bits per heavy atom. The van der Waals surface area contributed by atoms with Gasteiger partial charge in [0.1, 0.15) is 0 Å². The van der Waals surface area contributed by atoms with E-state index in [4.69, 9.17) is 4.42 Å². The lowest BCUT2D eigenvalue weighted by molar-refractivity contribution is 0.0660. The van der Waals surface area contributed by atoms with Crippen molar-refractivity contribution in [1.29, 1.82) is 0 Å². The molecule has 2 aliphatic heterocycles. The maximum Gasteiger partial charge on any atom is 0.407 e. The number of piperidine rings is 1. The van der Waals surface area contributed by atoms with E-state index in [9.17, 15) is 19.5 Å². The average molecular weight is 464 g/mol. The average Bonchev–Trinajstić information content (AvgIpc) is 3.23. The van der Waals surface area contributed by atoms with Gasteiger partial charge in [-0.05, 0) is 42.7 Å². The molecule has 11 heteroatoms. The minimum absolute atomic E-state index is 0.149. The van der Waals surface area contributed by atoms with Crippen molar-refractivity contribution in [3.05, 3.63) is 47.2 Å². The van der Waals surface area contributed by atoms with Crippen molar-refractivity contribution in [2.45, 2.75) is 32.4 Å². The quantitative estimate of drug-likeness (QED) is 0.537. The molecule has 1 atom stereocenters. The van der Waals surface area contributed by atoms with Gasteiger partial charge in [0.25, 0.3) is 11.8 Å². The van der Waals surface area contributed by atoms with Crippen LogP contribution < -0.4 is 5.32 Å². The highest BCUT2D eigenvalue weighted by Gasteiger charge is 2.55. The second kappa shape index (κ2) is 7.57. The summed E-state index contributed by atoms with van der Waals surface area (Å²) in [7, 11) is 0. The van der Waals surface area contributed by atoms with Crippen molar-refractivity contribution in [1.82, 2.24) is 30.3 Å². The number of carbonyl (C=O) groups is 3. The number of carboxylic acid groups (broad SMARTS) is 1. The summed E-state index contributed by atoms with van der Waals surface area (Å²) < 4.78 is 5.58. The molecule has 34 heavy (non-hydrogen) atoms. The summed E-state index contributed by atoms with van der Waals surface area (Å²) in [6.45, 7) is 2.25. The van der Waals surface area contributed by atoms with Gasteiger partial charge in [0.15, 0.2) is 17.0 Å². The molecule has 176 valence electrons. The smallest absolute Gasteiger partial charge is 0.407 e. The van der Waals surface area contributed by atoms with Gasteiger partial charge in [-0.2, -0.15) is 5.10 Å². The van der Waals surface area contributed by atoms with Gasteiger partial charge in [0.2, 0.25) is 0 Å². The zero-order valence-electron chi connectivity index (χ0n) is 18.4. The van der Waals surface area contributed by atoms with Crippen LogP contribution in [-0.2, 0) is 13.1 Å². The highest BCUT2D eigenvalue weighted by atomic mass is 16.4. The first kappa shape index (κ1) is 20.7. The predicted octanol–water partition coefficient (Wildman–Crippen LogP) is 2.22. The number of carbonyl (C=O) groups excluding carboxylic acids is 2. The van der Waals surface area contributed by atoms with Crippen molar-refractivity contribution < 1.29 is 23.9 Å². The van der Waals surface area contributed by atoms with Gasteiger partial charge in [0, 0.05) is 36.8 Å². The lowest BCUT2D eigenvalue weighted by atomic mass is 9.90. The lowest BCUT2D eigenvalue weighted by Gasteiger charge is -2.32. The first-order valence-corrected chi connectivity index (χ1v) is 11.4. The number of nitrogens with zero attached hydrogens (tertiary/aromatic N) is 4. The van der Waals surface area contributed by atoms with Crippen LogP contribution in [0.5, 0.6) is 0 Å². The Bertz CT molecular complexity index is 1270. The van der Waals surface area contributed by atoms with E-state index in [1.54, 1.807) is 24.5 Å². The van der Waals surface area contributed by atoms with Gasteiger partial charge in [-0.15, -0.1) is 0 Å². The summed E-state index contributed by atoms with van der Waals surface area (Å²) in [5, 5.41) is 20.0. The van der Waals surface area contributed by atoms with Crippen molar-refractivity contribution in [3.8, 4) is 0 Å². The fourth-order valence-corrected chi connectivity index (χ4v) is 5.39. The largest absolute Gasteiger partial charge is 0.465 e. The lowest BCUT2D eigenvalue weighted by Crippen LogP contribution is -2.40. The van der Waals surface area contributed by atoms with E-state index in [0.717, 1.165) is 24.6 Å². The minimum Gasteiger partial charge on any atom is -0.465 e. The van der Waals surface area contributed by atoms with Crippen molar-refractivity contribution >= 4 is 28.9 Å². The highest BCUT2D eigenvalue weighted by Crippen LogP contribution is 2.59. The van der Waals surface area contributed by atoms with E-state index in [0.29, 0.717) is 48.1 Å². The molecule has 0 aromatic carbocycles. The third kappa shape index (κ3) is 3.39. The number of hydrogen-bond acceptors (Lipinski definition) is 6. The van der Waals surface area contributed by atoms with Gasteiger partial charge in [-0.25, -0.2) is 4.79 Å². The number of likely N-dealkylation sites (tertiary alicyclic amines) is 1. The molecule has 2 fully saturated rings. The number of aromatic amines is 1. The van der Waals surface area contributed by atoms with E-state index in [1.165, 1.54) is 4.90 Å². The Hall–Kier alpha value is -3.89. The number of rotatable bonds is 4. The summed E-state index contributed by atoms with van der Waals surface area (Å²) in [4.78, 5) is 43.9. The van der Waals surface area contributed by atoms with Crippen LogP contribution in [-0.4, -0.2) is 67.6 Å². The Morgan fingerprint density at radius 2 is 2.06 bits per heavy atom. The predicted molar refractivity (Wildman–Crippen MR) is 118 cm³/mol. The molecule has 1 saturated carbocycles. The van der Waals surface area contributed by atoms with Crippen LogP contribution >= 0.6 is 0 Å². The van der Waals surface area contributed by atoms with Crippen LogP contribution in [0.25, 0.3) is 11.0 Å². The molecule has 11 nitrogen and oxygen atoms in total. The monoisotopic (exact) mass is 464 g/mol. The third-order valence-corrected chi connectivity index (χ3v) is 7.58. The van der Waals surface area contributed by atoms with Gasteiger partial charge < -0.3 is 19.7 Å². The molecular weight excluding hydrogens is 440 g/mol. The number of fused-ring (bicyclic) bond motifs is 2. The maximum absolute atomic E-state index is 13.1. The Morgan fingerprint density at radius 3 is 2.82 bits per heavy atom. The molecule has 0 radical (unpaired) electrons. The van der Waals surface area contributed by atoms with E-state index in [-0.39, 0.29) is 36.1 Å². The number of H-pyrrole nitrogens is 1. The summed E-state index contributed by atoms with van der Waals surface area (Å²) in [5.74, 6) is 0.294. The van der Waals surface area contributed by atoms with Gasteiger partial charge in [-0.1, -0.05) is 0 Å². The highest BCUT2D eigenvalue weighted by molar-refractivity contribution is 5.96. The molecule has 1 saturated heterocycles. The number of pyridine rings is 1. The number of hydrogen-bond donors (Lipinski definition) is 3. The second-order valence-electron chi connectivity index (χ2n) is 9.46. The summed E-state index contributed by atoms with van der Waals surface area (Å²) in [6, 6.07) is 3.53. The van der Waals surface area contributed by atoms with Gasteiger partial charge >= 0.3 is 6.09 Å². The number of amides is 3. The fraction of sp³-hybridized carbons (Fsp3) is 0.435. The van der Waals surface area contributed by atoms with Crippen molar-refractivity contribution in [2.75, 3.05) is 19.6 Å². The zero-order valence-corrected chi connectivity index (χ0v) is 18.4. The molecule has 3 aromatic heterocycles. The Kier molecular flexibility index (Phi) is 4.61. The molecule has 1 aliphatic carbocycles. The molecule has 6 rings (SSSR count). The van der Waals surface area contributed by atoms with E-state index < -0.39 is 6.09 Å². The summed E-state index contributed by atoms with van der Waals surface area (Å²) in [6.07, 6.45) is 5.04. The van der Waals surface area contributed by atoms with Crippen LogP contribution in [0.2, 0.25) is 0 Å². The fourth-order valence-electron chi connectivity index (χ4n) is 5.39. The third-order valence-electron chi connectivity index (χ3n) is 7.58. The van der Waals surface area contributed by atoms with Crippen LogP contribution in [0.3, 0.4) is 0 Å². The van der Waals surface area contributed by atoms with E-state index in [2.05, 4.69) is 20.5 Å². The Labute approximate surface area is 194 Å². The molecule has 3 amide bonds.